The molecule has 4 nitrogen and oxygen atoms in total. The number of thioether (sulfide) groups is 1. The van der Waals surface area contributed by atoms with Crippen LogP contribution in [0.15, 0.2) is 65.7 Å². The average molecular weight is 362 g/mol. The quantitative estimate of drug-likeness (QED) is 0.608. The van der Waals surface area contributed by atoms with Crippen LogP contribution in [0.4, 0.5) is 4.79 Å². The maximum atomic E-state index is 12.5. The topological polar surface area (TPSA) is 42.3 Å². The van der Waals surface area contributed by atoms with Crippen LogP contribution in [0.2, 0.25) is 0 Å². The zero-order valence-corrected chi connectivity index (χ0v) is 15.2. The van der Waals surface area contributed by atoms with Gasteiger partial charge in [0.05, 0.1) is 4.91 Å². The van der Waals surface area contributed by atoms with Gasteiger partial charge in [0.1, 0.15) is 0 Å². The minimum atomic E-state index is -0.201. The van der Waals surface area contributed by atoms with Gasteiger partial charge in [0, 0.05) is 24.1 Å². The molecule has 1 aliphatic rings. The van der Waals surface area contributed by atoms with Crippen molar-refractivity contribution in [3.8, 4) is 5.69 Å². The van der Waals surface area contributed by atoms with Gasteiger partial charge in [0.15, 0.2) is 0 Å². The Bertz CT molecular complexity index is 1040. The van der Waals surface area contributed by atoms with E-state index in [1.165, 1.54) is 10.3 Å². The van der Waals surface area contributed by atoms with E-state index in [0.29, 0.717) is 11.4 Å². The molecule has 2 amide bonds. The molecule has 0 saturated carbocycles. The molecular formula is C21H18N2O2S. The molecule has 2 heterocycles. The first kappa shape index (κ1) is 16.7. The highest BCUT2D eigenvalue weighted by Crippen LogP contribution is 2.32. The Labute approximate surface area is 156 Å². The van der Waals surface area contributed by atoms with Crippen molar-refractivity contribution >= 4 is 39.8 Å². The van der Waals surface area contributed by atoms with E-state index in [1.807, 2.05) is 42.0 Å². The maximum absolute atomic E-state index is 12.5. The van der Waals surface area contributed by atoms with E-state index >= 15 is 0 Å². The Morgan fingerprint density at radius 1 is 1.00 bits per heavy atom. The molecule has 0 atom stereocenters. The minimum Gasteiger partial charge on any atom is -0.317 e. The summed E-state index contributed by atoms with van der Waals surface area (Å²) in [6.07, 6.45) is 4.53. The predicted octanol–water partition coefficient (Wildman–Crippen LogP) is 5.08. The first-order valence-electron chi connectivity index (χ1n) is 8.59. The van der Waals surface area contributed by atoms with Crippen LogP contribution in [0.1, 0.15) is 19.0 Å². The molecule has 0 radical (unpaired) electrons. The Morgan fingerprint density at radius 3 is 2.62 bits per heavy atom. The Morgan fingerprint density at radius 2 is 1.81 bits per heavy atom. The molecule has 4 rings (SSSR count). The molecule has 0 unspecified atom stereocenters. The number of amides is 2. The van der Waals surface area contributed by atoms with Gasteiger partial charge in [0.25, 0.3) is 11.1 Å². The third-order valence-corrected chi connectivity index (χ3v) is 5.30. The van der Waals surface area contributed by atoms with Crippen LogP contribution in [0.3, 0.4) is 0 Å². The smallest absolute Gasteiger partial charge is 0.293 e. The standard InChI is InChI=1S/C21H18N2O2S/c1-2-11-23-20(24)19(26-21(23)25)14-17-8-5-12-22(17)18-10-9-15-6-3-4-7-16(15)13-18/h3-10,12-14H,2,11H2,1H3/b19-14-. The lowest BCUT2D eigenvalue weighted by Gasteiger charge is -2.10. The summed E-state index contributed by atoms with van der Waals surface area (Å²) in [5, 5.41) is 2.16. The van der Waals surface area contributed by atoms with Crippen molar-refractivity contribution in [2.24, 2.45) is 0 Å². The van der Waals surface area contributed by atoms with Gasteiger partial charge in [-0.25, -0.2) is 0 Å². The van der Waals surface area contributed by atoms with E-state index in [4.69, 9.17) is 0 Å². The van der Waals surface area contributed by atoms with Gasteiger partial charge in [-0.05, 0) is 59.3 Å². The predicted molar refractivity (Wildman–Crippen MR) is 106 cm³/mol. The zero-order chi connectivity index (χ0) is 18.1. The minimum absolute atomic E-state index is 0.188. The summed E-state index contributed by atoms with van der Waals surface area (Å²) in [5.41, 5.74) is 1.90. The average Bonchev–Trinajstić information content (AvgIpc) is 3.22. The molecule has 26 heavy (non-hydrogen) atoms. The number of rotatable bonds is 4. The summed E-state index contributed by atoms with van der Waals surface area (Å²) < 4.78 is 2.03. The van der Waals surface area contributed by atoms with Gasteiger partial charge >= 0.3 is 0 Å². The number of carbonyl (C=O) groups excluding carboxylic acids is 2. The van der Waals surface area contributed by atoms with Gasteiger partial charge < -0.3 is 4.57 Å². The molecular weight excluding hydrogens is 344 g/mol. The lowest BCUT2D eigenvalue weighted by molar-refractivity contribution is -0.122. The Hall–Kier alpha value is -2.79. The monoisotopic (exact) mass is 362 g/mol. The van der Waals surface area contributed by atoms with E-state index in [-0.39, 0.29) is 11.1 Å². The summed E-state index contributed by atoms with van der Waals surface area (Å²) in [6.45, 7) is 2.42. The van der Waals surface area contributed by atoms with Crippen LogP contribution in [0, 0.1) is 0 Å². The first-order chi connectivity index (χ1) is 12.7. The van der Waals surface area contributed by atoms with E-state index < -0.39 is 0 Å². The van der Waals surface area contributed by atoms with E-state index in [9.17, 15) is 9.59 Å². The largest absolute Gasteiger partial charge is 0.317 e. The van der Waals surface area contributed by atoms with E-state index in [0.717, 1.165) is 35.0 Å². The van der Waals surface area contributed by atoms with Crippen molar-refractivity contribution in [1.29, 1.82) is 0 Å². The number of imide groups is 1. The second-order valence-electron chi connectivity index (χ2n) is 6.17. The highest BCUT2D eigenvalue weighted by Gasteiger charge is 2.34. The number of hydrogen-bond acceptors (Lipinski definition) is 3. The number of benzene rings is 2. The molecule has 0 bridgehead atoms. The normalized spacial score (nSPS) is 16.2. The lowest BCUT2D eigenvalue weighted by atomic mass is 10.1. The fraction of sp³-hybridized carbons (Fsp3) is 0.143. The first-order valence-corrected chi connectivity index (χ1v) is 9.41. The summed E-state index contributed by atoms with van der Waals surface area (Å²) in [7, 11) is 0. The van der Waals surface area contributed by atoms with E-state index in [1.54, 1.807) is 6.08 Å². The van der Waals surface area contributed by atoms with Crippen molar-refractivity contribution in [3.05, 3.63) is 71.4 Å². The molecule has 1 saturated heterocycles. The number of nitrogens with zero attached hydrogens (tertiary/aromatic N) is 2. The molecule has 1 aromatic heterocycles. The molecule has 130 valence electrons. The zero-order valence-electron chi connectivity index (χ0n) is 14.4. The van der Waals surface area contributed by atoms with Crippen molar-refractivity contribution in [2.75, 3.05) is 6.54 Å². The van der Waals surface area contributed by atoms with Crippen LogP contribution < -0.4 is 0 Å². The highest BCUT2D eigenvalue weighted by atomic mass is 32.2. The van der Waals surface area contributed by atoms with Crippen molar-refractivity contribution < 1.29 is 9.59 Å². The van der Waals surface area contributed by atoms with Gasteiger partial charge in [-0.15, -0.1) is 0 Å². The second-order valence-corrected chi connectivity index (χ2v) is 7.16. The van der Waals surface area contributed by atoms with Gasteiger partial charge in [-0.1, -0.05) is 37.3 Å². The molecule has 0 N–H and O–H groups in total. The van der Waals surface area contributed by atoms with Crippen molar-refractivity contribution in [2.45, 2.75) is 13.3 Å². The summed E-state index contributed by atoms with van der Waals surface area (Å²) in [4.78, 5) is 26.3. The number of fused-ring (bicyclic) bond motifs is 1. The van der Waals surface area contributed by atoms with Crippen molar-refractivity contribution in [3.63, 3.8) is 0 Å². The fourth-order valence-corrected chi connectivity index (χ4v) is 3.97. The molecule has 2 aromatic carbocycles. The van der Waals surface area contributed by atoms with E-state index in [2.05, 4.69) is 30.3 Å². The lowest BCUT2D eigenvalue weighted by Crippen LogP contribution is -2.28. The van der Waals surface area contributed by atoms with Crippen LogP contribution in [-0.2, 0) is 4.79 Å². The molecule has 1 fully saturated rings. The highest BCUT2D eigenvalue weighted by molar-refractivity contribution is 8.18. The molecule has 0 aliphatic carbocycles. The summed E-state index contributed by atoms with van der Waals surface area (Å²) in [6, 6.07) is 18.4. The van der Waals surface area contributed by atoms with Gasteiger partial charge in [-0.3, -0.25) is 14.5 Å². The van der Waals surface area contributed by atoms with Crippen LogP contribution in [0.5, 0.6) is 0 Å². The molecule has 3 aromatic rings. The second kappa shape index (κ2) is 6.84. The number of aromatic nitrogens is 1. The van der Waals surface area contributed by atoms with Crippen LogP contribution in [-0.4, -0.2) is 27.2 Å². The molecule has 0 spiro atoms. The van der Waals surface area contributed by atoms with Crippen LogP contribution in [0.25, 0.3) is 22.5 Å². The fourth-order valence-electron chi connectivity index (χ4n) is 3.12. The summed E-state index contributed by atoms with van der Waals surface area (Å²) >= 11 is 1.01. The Balaban J connectivity index is 1.71. The Kier molecular flexibility index (Phi) is 4.39. The van der Waals surface area contributed by atoms with Gasteiger partial charge in [0.2, 0.25) is 0 Å². The van der Waals surface area contributed by atoms with Gasteiger partial charge in [-0.2, -0.15) is 0 Å². The third-order valence-electron chi connectivity index (χ3n) is 4.39. The maximum Gasteiger partial charge on any atom is 0.293 e. The molecule has 1 aliphatic heterocycles. The molecule has 5 heteroatoms. The van der Waals surface area contributed by atoms with Crippen LogP contribution >= 0.6 is 11.8 Å². The third kappa shape index (κ3) is 2.95. The number of carbonyl (C=O) groups is 2. The van der Waals surface area contributed by atoms with Crippen molar-refractivity contribution in [1.82, 2.24) is 9.47 Å². The summed E-state index contributed by atoms with van der Waals surface area (Å²) in [5.74, 6) is -0.201. The number of hydrogen-bond donors (Lipinski definition) is 0. The SMILES string of the molecule is CCCN1C(=O)S/C(=C\c2cccn2-c2ccc3ccccc3c2)C1=O.